The minimum Gasteiger partial charge on any atom is -0.479 e. The van der Waals surface area contributed by atoms with Gasteiger partial charge in [-0.05, 0) is 37.5 Å². The summed E-state index contributed by atoms with van der Waals surface area (Å²) in [5.41, 5.74) is 0. The third kappa shape index (κ3) is 3.61. The molecule has 1 N–H and O–H groups in total. The minimum atomic E-state index is -4.16. The molecule has 0 radical (unpaired) electrons. The van der Waals surface area contributed by atoms with Gasteiger partial charge in [0.2, 0.25) is 0 Å². The third-order valence-electron chi connectivity index (χ3n) is 2.92. The van der Waals surface area contributed by atoms with Crippen molar-refractivity contribution < 1.29 is 22.3 Å². The van der Waals surface area contributed by atoms with E-state index in [4.69, 9.17) is 15.4 Å². The van der Waals surface area contributed by atoms with E-state index in [0.29, 0.717) is 13.0 Å². The largest absolute Gasteiger partial charge is 0.479 e. The zero-order valence-corrected chi connectivity index (χ0v) is 12.0. The van der Waals surface area contributed by atoms with E-state index in [1.807, 2.05) is 0 Å². The van der Waals surface area contributed by atoms with Crippen molar-refractivity contribution in [1.29, 1.82) is 0 Å². The second-order valence-corrected chi connectivity index (χ2v) is 6.96. The average Bonchev–Trinajstić information content (AvgIpc) is 2.56. The lowest BCUT2D eigenvalue weighted by molar-refractivity contribution is -0.127. The van der Waals surface area contributed by atoms with Crippen molar-refractivity contribution in [1.82, 2.24) is 5.32 Å². The van der Waals surface area contributed by atoms with Crippen LogP contribution in [-0.4, -0.2) is 27.0 Å². The molecule has 1 atom stereocenters. The van der Waals surface area contributed by atoms with Crippen LogP contribution in [0.4, 0.5) is 4.39 Å². The second-order valence-electron chi connectivity index (χ2n) is 4.42. The number of rotatable bonds is 3. The predicted octanol–water partition coefficient (Wildman–Crippen LogP) is 1.80. The first kappa shape index (κ1) is 15.1. The molecule has 1 aromatic rings. The van der Waals surface area contributed by atoms with Gasteiger partial charge in [-0.3, -0.25) is 4.79 Å². The van der Waals surface area contributed by atoms with Gasteiger partial charge in [0, 0.05) is 17.2 Å². The van der Waals surface area contributed by atoms with Crippen LogP contribution in [0.15, 0.2) is 23.1 Å². The van der Waals surface area contributed by atoms with Gasteiger partial charge in [-0.25, -0.2) is 12.8 Å². The summed E-state index contributed by atoms with van der Waals surface area (Å²) in [5.74, 6) is -1.19. The lowest BCUT2D eigenvalue weighted by atomic mass is 10.2. The topological polar surface area (TPSA) is 72.5 Å². The average molecular weight is 322 g/mol. The normalized spacial score (nSPS) is 20.1. The van der Waals surface area contributed by atoms with E-state index in [1.54, 1.807) is 0 Å². The highest BCUT2D eigenvalue weighted by atomic mass is 35.7. The fourth-order valence-corrected chi connectivity index (χ4v) is 2.92. The van der Waals surface area contributed by atoms with Crippen LogP contribution in [0.5, 0.6) is 5.75 Å². The number of halogens is 2. The van der Waals surface area contributed by atoms with Crippen molar-refractivity contribution in [2.45, 2.75) is 30.3 Å². The lowest BCUT2D eigenvalue weighted by Crippen LogP contribution is -2.36. The first-order valence-corrected chi connectivity index (χ1v) is 8.37. The van der Waals surface area contributed by atoms with Crippen LogP contribution in [0.3, 0.4) is 0 Å². The fourth-order valence-electron chi connectivity index (χ4n) is 1.95. The number of hydrogen-bond acceptors (Lipinski definition) is 4. The Morgan fingerprint density at radius 2 is 2.10 bits per heavy atom. The van der Waals surface area contributed by atoms with E-state index in [9.17, 15) is 17.6 Å². The van der Waals surface area contributed by atoms with Crippen LogP contribution in [0, 0.1) is 5.82 Å². The summed E-state index contributed by atoms with van der Waals surface area (Å²) >= 11 is 0. The van der Waals surface area contributed by atoms with Crippen LogP contribution in [0.2, 0.25) is 0 Å². The Hall–Kier alpha value is -1.34. The van der Waals surface area contributed by atoms with E-state index in [-0.39, 0.29) is 11.7 Å². The maximum atomic E-state index is 13.1. The van der Waals surface area contributed by atoms with E-state index < -0.39 is 25.9 Å². The molecule has 0 spiro atoms. The highest BCUT2D eigenvalue weighted by molar-refractivity contribution is 8.13. The van der Waals surface area contributed by atoms with Crippen molar-refractivity contribution in [3.8, 4) is 5.75 Å². The van der Waals surface area contributed by atoms with Gasteiger partial charge >= 0.3 is 0 Å². The quantitative estimate of drug-likeness (QED) is 0.862. The molecule has 20 heavy (non-hydrogen) atoms. The van der Waals surface area contributed by atoms with Crippen LogP contribution >= 0.6 is 10.7 Å². The SMILES string of the molecule is O=C1NCCCCC1Oc1ccc(F)cc1S(=O)(=O)Cl. The molecule has 1 amide bonds. The van der Waals surface area contributed by atoms with Gasteiger partial charge in [0.1, 0.15) is 16.5 Å². The monoisotopic (exact) mass is 321 g/mol. The number of hydrogen-bond donors (Lipinski definition) is 1. The van der Waals surface area contributed by atoms with Crippen molar-refractivity contribution in [2.24, 2.45) is 0 Å². The highest BCUT2D eigenvalue weighted by Gasteiger charge is 2.26. The molecule has 1 aliphatic rings. The molecule has 1 fully saturated rings. The Morgan fingerprint density at radius 1 is 1.35 bits per heavy atom. The van der Waals surface area contributed by atoms with Crippen LogP contribution in [0.25, 0.3) is 0 Å². The molecular weight excluding hydrogens is 309 g/mol. The summed E-state index contributed by atoms with van der Waals surface area (Å²) in [5, 5.41) is 2.66. The summed E-state index contributed by atoms with van der Waals surface area (Å²) < 4.78 is 41.4. The molecule has 1 saturated heterocycles. The van der Waals surface area contributed by atoms with Crippen LogP contribution in [-0.2, 0) is 13.8 Å². The Kier molecular flexibility index (Phi) is 4.49. The standard InChI is InChI=1S/C12H13ClFNO4S/c13-20(17,18)11-7-8(14)4-5-9(11)19-10-3-1-2-6-15-12(10)16/h4-5,7,10H,1-3,6H2,(H,15,16). The smallest absolute Gasteiger partial charge is 0.265 e. The summed E-state index contributed by atoms with van der Waals surface area (Å²) in [7, 11) is 1.09. The molecule has 0 saturated carbocycles. The number of amides is 1. The first-order valence-electron chi connectivity index (χ1n) is 6.06. The number of nitrogens with one attached hydrogen (secondary N) is 1. The number of benzene rings is 1. The lowest BCUT2D eigenvalue weighted by Gasteiger charge is -2.17. The second kappa shape index (κ2) is 5.97. The predicted molar refractivity (Wildman–Crippen MR) is 70.7 cm³/mol. The van der Waals surface area contributed by atoms with Crippen LogP contribution < -0.4 is 10.1 Å². The van der Waals surface area contributed by atoms with Crippen molar-refractivity contribution in [2.75, 3.05) is 6.54 Å². The van der Waals surface area contributed by atoms with Gasteiger partial charge in [-0.2, -0.15) is 0 Å². The molecule has 8 heteroatoms. The molecule has 0 aliphatic carbocycles. The third-order valence-corrected chi connectivity index (χ3v) is 4.27. The van der Waals surface area contributed by atoms with E-state index in [2.05, 4.69) is 5.32 Å². The zero-order chi connectivity index (χ0) is 14.8. The molecule has 5 nitrogen and oxygen atoms in total. The summed E-state index contributed by atoms with van der Waals surface area (Å²) in [6.07, 6.45) is 1.26. The maximum Gasteiger partial charge on any atom is 0.265 e. The molecule has 1 aromatic carbocycles. The van der Waals surface area contributed by atoms with Gasteiger partial charge in [0.15, 0.2) is 6.10 Å². The molecule has 1 heterocycles. The number of carbonyl (C=O) groups is 1. The minimum absolute atomic E-state index is 0.122. The summed E-state index contributed by atoms with van der Waals surface area (Å²) in [6.45, 7) is 0.558. The first-order chi connectivity index (χ1) is 9.38. The van der Waals surface area contributed by atoms with Gasteiger partial charge in [-0.1, -0.05) is 0 Å². The Labute approximate surface area is 120 Å². The number of carbonyl (C=O) groups excluding carboxylic acids is 1. The van der Waals surface area contributed by atoms with E-state index in [1.165, 1.54) is 0 Å². The summed E-state index contributed by atoms with van der Waals surface area (Å²) in [4.78, 5) is 11.3. The number of ether oxygens (including phenoxy) is 1. The van der Waals surface area contributed by atoms with E-state index in [0.717, 1.165) is 31.0 Å². The van der Waals surface area contributed by atoms with E-state index >= 15 is 0 Å². The maximum absolute atomic E-state index is 13.1. The van der Waals surface area contributed by atoms with Crippen molar-refractivity contribution in [3.63, 3.8) is 0 Å². The van der Waals surface area contributed by atoms with Crippen molar-refractivity contribution in [3.05, 3.63) is 24.0 Å². The van der Waals surface area contributed by atoms with Crippen molar-refractivity contribution >= 4 is 25.6 Å². The van der Waals surface area contributed by atoms with Gasteiger partial charge in [-0.15, -0.1) is 0 Å². The van der Waals surface area contributed by atoms with Gasteiger partial charge in [0.25, 0.3) is 15.0 Å². The zero-order valence-electron chi connectivity index (χ0n) is 10.4. The molecule has 1 unspecified atom stereocenters. The molecular formula is C12H13ClFNO4S. The molecule has 1 aliphatic heterocycles. The Bertz CT molecular complexity index is 620. The molecule has 0 bridgehead atoms. The molecule has 110 valence electrons. The van der Waals surface area contributed by atoms with Gasteiger partial charge in [0.05, 0.1) is 0 Å². The molecule has 2 rings (SSSR count). The summed E-state index contributed by atoms with van der Waals surface area (Å²) in [6, 6.07) is 2.98. The van der Waals surface area contributed by atoms with Gasteiger partial charge < -0.3 is 10.1 Å². The molecule has 0 aromatic heterocycles. The Balaban J connectivity index is 2.31. The fraction of sp³-hybridized carbons (Fsp3) is 0.417. The highest BCUT2D eigenvalue weighted by Crippen LogP contribution is 2.29. The Morgan fingerprint density at radius 3 is 2.80 bits per heavy atom. The van der Waals surface area contributed by atoms with Crippen LogP contribution in [0.1, 0.15) is 19.3 Å².